The van der Waals surface area contributed by atoms with Gasteiger partial charge in [-0.1, -0.05) is 11.6 Å². The molecule has 0 saturated carbocycles. The van der Waals surface area contributed by atoms with Crippen LogP contribution in [0.25, 0.3) is 0 Å². The molecule has 1 aliphatic rings. The smallest absolute Gasteiger partial charge is 0.273 e. The van der Waals surface area contributed by atoms with Crippen LogP contribution in [0.15, 0.2) is 0 Å². The minimum atomic E-state index is -0.252. The van der Waals surface area contributed by atoms with E-state index in [1.165, 1.54) is 0 Å². The average Bonchev–Trinajstić information content (AvgIpc) is 2.75. The van der Waals surface area contributed by atoms with Crippen LogP contribution in [0.5, 0.6) is 0 Å². The van der Waals surface area contributed by atoms with Crippen molar-refractivity contribution in [2.75, 3.05) is 26.2 Å². The van der Waals surface area contributed by atoms with Gasteiger partial charge < -0.3 is 15.3 Å². The standard InChI is InChI=1S/C13H21ClN4O2/c1-9-11(14)12(17-16-9)13(20)15-5-3-7-18-6-2-4-10(19)8-18/h10,19H,2-8H2,1H3,(H,15,20)(H,16,17)/t10-/m1/s1. The van der Waals surface area contributed by atoms with Crippen LogP contribution in [0.3, 0.4) is 0 Å². The van der Waals surface area contributed by atoms with Gasteiger partial charge in [-0.3, -0.25) is 9.89 Å². The monoisotopic (exact) mass is 300 g/mol. The number of rotatable bonds is 5. The first-order valence-electron chi connectivity index (χ1n) is 6.97. The van der Waals surface area contributed by atoms with Gasteiger partial charge in [0, 0.05) is 13.1 Å². The molecule has 1 aromatic heterocycles. The molecule has 3 N–H and O–H groups in total. The van der Waals surface area contributed by atoms with Crippen LogP contribution in [0, 0.1) is 6.92 Å². The van der Waals surface area contributed by atoms with E-state index in [-0.39, 0.29) is 17.7 Å². The van der Waals surface area contributed by atoms with Gasteiger partial charge in [-0.15, -0.1) is 0 Å². The fourth-order valence-electron chi connectivity index (χ4n) is 2.39. The molecule has 1 fully saturated rings. The van der Waals surface area contributed by atoms with Crippen LogP contribution in [0.1, 0.15) is 35.4 Å². The Balaban J connectivity index is 1.68. The first-order chi connectivity index (χ1) is 9.58. The number of carbonyl (C=O) groups is 1. The second kappa shape index (κ2) is 7.06. The Morgan fingerprint density at radius 3 is 3.10 bits per heavy atom. The summed E-state index contributed by atoms with van der Waals surface area (Å²) in [6.07, 6.45) is 2.57. The molecule has 0 spiro atoms. The van der Waals surface area contributed by atoms with Crippen molar-refractivity contribution in [3.8, 4) is 0 Å². The Labute approximate surface area is 123 Å². The molecule has 1 amide bonds. The number of aromatic nitrogens is 2. The molecule has 0 radical (unpaired) electrons. The van der Waals surface area contributed by atoms with E-state index in [2.05, 4.69) is 20.4 Å². The minimum absolute atomic E-state index is 0.204. The highest BCUT2D eigenvalue weighted by atomic mass is 35.5. The largest absolute Gasteiger partial charge is 0.392 e. The SMILES string of the molecule is Cc1[nH]nc(C(=O)NCCCN2CCC[C@@H](O)C2)c1Cl. The van der Waals surface area contributed by atoms with E-state index in [0.29, 0.717) is 17.3 Å². The summed E-state index contributed by atoms with van der Waals surface area (Å²) in [4.78, 5) is 14.1. The zero-order valence-corrected chi connectivity index (χ0v) is 12.4. The first-order valence-corrected chi connectivity index (χ1v) is 7.35. The summed E-state index contributed by atoms with van der Waals surface area (Å²) in [6.45, 7) is 4.99. The molecule has 1 aromatic rings. The molecule has 0 unspecified atom stereocenters. The molecule has 6 nitrogen and oxygen atoms in total. The number of halogens is 1. The van der Waals surface area contributed by atoms with Crippen LogP contribution in [0.4, 0.5) is 0 Å². The van der Waals surface area contributed by atoms with Crippen molar-refractivity contribution in [2.24, 2.45) is 0 Å². The number of H-pyrrole nitrogens is 1. The van der Waals surface area contributed by atoms with Gasteiger partial charge in [0.15, 0.2) is 5.69 Å². The lowest BCUT2D eigenvalue weighted by molar-refractivity contribution is 0.0697. The molecular formula is C13H21ClN4O2. The van der Waals surface area contributed by atoms with Gasteiger partial charge >= 0.3 is 0 Å². The van der Waals surface area contributed by atoms with Crippen molar-refractivity contribution in [1.82, 2.24) is 20.4 Å². The average molecular weight is 301 g/mol. The number of nitrogens with one attached hydrogen (secondary N) is 2. The lowest BCUT2D eigenvalue weighted by Gasteiger charge is -2.29. The Kier molecular flexibility index (Phi) is 5.39. The van der Waals surface area contributed by atoms with Crippen molar-refractivity contribution in [3.05, 3.63) is 16.4 Å². The molecule has 20 heavy (non-hydrogen) atoms. The summed E-state index contributed by atoms with van der Waals surface area (Å²) in [5.74, 6) is -0.252. The predicted molar refractivity (Wildman–Crippen MR) is 77.0 cm³/mol. The van der Waals surface area contributed by atoms with E-state index in [1.807, 2.05) is 0 Å². The van der Waals surface area contributed by atoms with E-state index in [9.17, 15) is 9.90 Å². The molecule has 1 aliphatic heterocycles. The highest BCUT2D eigenvalue weighted by molar-refractivity contribution is 6.34. The van der Waals surface area contributed by atoms with Crippen LogP contribution >= 0.6 is 11.6 Å². The maximum Gasteiger partial charge on any atom is 0.273 e. The van der Waals surface area contributed by atoms with Gasteiger partial charge in [0.05, 0.1) is 16.8 Å². The molecule has 0 aromatic carbocycles. The van der Waals surface area contributed by atoms with E-state index in [0.717, 1.165) is 38.9 Å². The molecule has 112 valence electrons. The van der Waals surface area contributed by atoms with Gasteiger partial charge in [0.2, 0.25) is 0 Å². The topological polar surface area (TPSA) is 81.2 Å². The van der Waals surface area contributed by atoms with Gasteiger partial charge in [-0.2, -0.15) is 5.10 Å². The van der Waals surface area contributed by atoms with Gasteiger partial charge in [0.1, 0.15) is 0 Å². The Morgan fingerprint density at radius 2 is 2.45 bits per heavy atom. The number of aromatic amines is 1. The highest BCUT2D eigenvalue weighted by Crippen LogP contribution is 2.16. The number of hydrogen-bond donors (Lipinski definition) is 3. The van der Waals surface area contributed by atoms with Crippen molar-refractivity contribution in [1.29, 1.82) is 0 Å². The van der Waals surface area contributed by atoms with Crippen molar-refractivity contribution in [3.63, 3.8) is 0 Å². The summed E-state index contributed by atoms with van der Waals surface area (Å²) in [7, 11) is 0. The van der Waals surface area contributed by atoms with Gasteiger partial charge in [-0.05, 0) is 39.3 Å². The summed E-state index contributed by atoms with van der Waals surface area (Å²) >= 11 is 5.96. The molecule has 0 aliphatic carbocycles. The second-order valence-corrected chi connectivity index (χ2v) is 5.60. The zero-order valence-electron chi connectivity index (χ0n) is 11.7. The number of aliphatic hydroxyl groups excluding tert-OH is 1. The number of aliphatic hydroxyl groups is 1. The Morgan fingerprint density at radius 1 is 1.65 bits per heavy atom. The quantitative estimate of drug-likeness (QED) is 0.707. The normalized spacial score (nSPS) is 20.1. The number of β-amino-alcohol motifs (C(OH)–C–C–N with tert-alkyl or cyclic N) is 1. The van der Waals surface area contributed by atoms with E-state index in [1.54, 1.807) is 6.92 Å². The number of aryl methyl sites for hydroxylation is 1. The minimum Gasteiger partial charge on any atom is -0.392 e. The first kappa shape index (κ1) is 15.3. The molecule has 2 rings (SSSR count). The molecule has 1 saturated heterocycles. The molecule has 1 atom stereocenters. The van der Waals surface area contributed by atoms with Crippen LogP contribution in [-0.2, 0) is 0 Å². The second-order valence-electron chi connectivity index (χ2n) is 5.22. The fourth-order valence-corrected chi connectivity index (χ4v) is 2.56. The van der Waals surface area contributed by atoms with E-state index in [4.69, 9.17) is 11.6 Å². The third-order valence-corrected chi connectivity index (χ3v) is 3.97. The van der Waals surface area contributed by atoms with Crippen molar-refractivity contribution < 1.29 is 9.90 Å². The number of likely N-dealkylation sites (tertiary alicyclic amines) is 1. The van der Waals surface area contributed by atoms with Crippen LogP contribution in [0.2, 0.25) is 5.02 Å². The Hall–Kier alpha value is -1.11. The number of piperidine rings is 1. The maximum absolute atomic E-state index is 11.9. The van der Waals surface area contributed by atoms with Gasteiger partial charge in [0.25, 0.3) is 5.91 Å². The number of hydrogen-bond acceptors (Lipinski definition) is 4. The summed E-state index contributed by atoms with van der Waals surface area (Å²) in [5, 5.41) is 19.3. The van der Waals surface area contributed by atoms with Gasteiger partial charge in [-0.25, -0.2) is 0 Å². The third kappa shape index (κ3) is 3.94. The number of amides is 1. The van der Waals surface area contributed by atoms with Crippen molar-refractivity contribution >= 4 is 17.5 Å². The lowest BCUT2D eigenvalue weighted by Crippen LogP contribution is -2.39. The predicted octanol–water partition coefficient (Wildman–Crippen LogP) is 0.948. The van der Waals surface area contributed by atoms with E-state index < -0.39 is 0 Å². The molecular weight excluding hydrogens is 280 g/mol. The maximum atomic E-state index is 11.9. The molecule has 7 heteroatoms. The fraction of sp³-hybridized carbons (Fsp3) is 0.692. The summed E-state index contributed by atoms with van der Waals surface area (Å²) in [5.41, 5.74) is 0.941. The summed E-state index contributed by atoms with van der Waals surface area (Å²) in [6, 6.07) is 0. The number of nitrogens with zero attached hydrogens (tertiary/aromatic N) is 2. The van der Waals surface area contributed by atoms with Crippen LogP contribution in [-0.4, -0.2) is 58.4 Å². The molecule has 0 bridgehead atoms. The zero-order chi connectivity index (χ0) is 14.5. The van der Waals surface area contributed by atoms with Crippen molar-refractivity contribution in [2.45, 2.75) is 32.3 Å². The number of carbonyl (C=O) groups excluding carboxylic acids is 1. The van der Waals surface area contributed by atoms with E-state index >= 15 is 0 Å². The Bertz CT molecular complexity index is 463. The molecule has 2 heterocycles. The lowest BCUT2D eigenvalue weighted by atomic mass is 10.1. The van der Waals surface area contributed by atoms with Crippen LogP contribution < -0.4 is 5.32 Å². The summed E-state index contributed by atoms with van der Waals surface area (Å²) < 4.78 is 0. The highest BCUT2D eigenvalue weighted by Gasteiger charge is 2.18. The third-order valence-electron chi connectivity index (χ3n) is 3.50.